The third kappa shape index (κ3) is 3.46. The molecule has 0 fully saturated rings. The van der Waals surface area contributed by atoms with E-state index < -0.39 is 0 Å². The van der Waals surface area contributed by atoms with Crippen molar-refractivity contribution in [1.29, 1.82) is 5.26 Å². The van der Waals surface area contributed by atoms with Crippen LogP contribution in [0.15, 0.2) is 54.7 Å². The number of rotatable bonds is 5. The van der Waals surface area contributed by atoms with E-state index >= 15 is 0 Å². The van der Waals surface area contributed by atoms with Gasteiger partial charge in [0.15, 0.2) is 0 Å². The number of para-hydroxylation sites is 1. The number of hydrogen-bond acceptors (Lipinski definition) is 3. The largest absolute Gasteiger partial charge is 0.350 e. The van der Waals surface area contributed by atoms with Crippen LogP contribution in [0.5, 0.6) is 0 Å². The first-order valence-electron chi connectivity index (χ1n) is 8.50. The number of nitrogens with one attached hydrogen (secondary N) is 1. The second kappa shape index (κ2) is 7.42. The zero-order chi connectivity index (χ0) is 18.7. The van der Waals surface area contributed by atoms with E-state index in [1.807, 2.05) is 33.3 Å². The van der Waals surface area contributed by atoms with Crippen molar-refractivity contribution < 1.29 is 4.79 Å². The van der Waals surface area contributed by atoms with Gasteiger partial charge in [-0.2, -0.15) is 5.26 Å². The van der Waals surface area contributed by atoms with E-state index in [0.717, 1.165) is 0 Å². The summed E-state index contributed by atoms with van der Waals surface area (Å²) < 4.78 is 2.11. The lowest BCUT2D eigenvalue weighted by atomic mass is 10.0. The molecule has 0 spiro atoms. The molecule has 26 heavy (non-hydrogen) atoms. The Morgan fingerprint density at radius 2 is 2.00 bits per heavy atom. The Balaban J connectivity index is 1.83. The van der Waals surface area contributed by atoms with Gasteiger partial charge >= 0.3 is 0 Å². The summed E-state index contributed by atoms with van der Waals surface area (Å²) in [6, 6.07) is 17.1. The molecule has 5 heteroatoms. The van der Waals surface area contributed by atoms with Crippen molar-refractivity contribution in [1.82, 2.24) is 14.8 Å². The van der Waals surface area contributed by atoms with Crippen molar-refractivity contribution in [3.63, 3.8) is 0 Å². The monoisotopic (exact) mass is 346 g/mol. The average Bonchev–Trinajstić information content (AvgIpc) is 2.98. The van der Waals surface area contributed by atoms with Gasteiger partial charge in [-0.15, -0.1) is 0 Å². The zero-order valence-corrected chi connectivity index (χ0v) is 15.2. The minimum absolute atomic E-state index is 0.0456. The predicted molar refractivity (Wildman–Crippen MR) is 103 cm³/mol. The molecule has 0 aliphatic heterocycles. The molecule has 2 aromatic carbocycles. The Bertz CT molecular complexity index is 981. The molecule has 0 aliphatic rings. The molecule has 1 aromatic heterocycles. The Hall–Kier alpha value is -3.10. The first-order valence-corrected chi connectivity index (χ1v) is 8.50. The third-order valence-electron chi connectivity index (χ3n) is 4.62. The molecule has 132 valence electrons. The molecule has 1 heterocycles. The normalized spacial score (nSPS) is 12.1. The van der Waals surface area contributed by atoms with E-state index in [-0.39, 0.29) is 11.9 Å². The molecule has 0 radical (unpaired) electrons. The second-order valence-corrected chi connectivity index (χ2v) is 6.59. The zero-order valence-electron chi connectivity index (χ0n) is 15.2. The number of carbonyl (C=O) groups is 1. The highest BCUT2D eigenvalue weighted by molar-refractivity contribution is 5.94. The number of hydrogen-bond donors (Lipinski definition) is 1. The summed E-state index contributed by atoms with van der Waals surface area (Å²) in [5.41, 5.74) is 3.33. The lowest BCUT2D eigenvalue weighted by molar-refractivity contribution is 0.0942. The number of likely N-dealkylation sites (N-methyl/N-ethyl adjacent to an activating group) is 1. The number of aryl methyl sites for hydroxylation is 1. The Morgan fingerprint density at radius 3 is 2.73 bits per heavy atom. The number of benzene rings is 2. The van der Waals surface area contributed by atoms with Gasteiger partial charge in [0.25, 0.3) is 5.91 Å². The van der Waals surface area contributed by atoms with Gasteiger partial charge in [-0.05, 0) is 43.9 Å². The molecule has 1 unspecified atom stereocenters. The molecular formula is C21H22N4O. The Kier molecular flexibility index (Phi) is 5.06. The van der Waals surface area contributed by atoms with Crippen molar-refractivity contribution in [2.75, 3.05) is 20.6 Å². The summed E-state index contributed by atoms with van der Waals surface area (Å²) in [6.45, 7) is 0.483. The van der Waals surface area contributed by atoms with Crippen LogP contribution < -0.4 is 5.32 Å². The van der Waals surface area contributed by atoms with Crippen LogP contribution >= 0.6 is 0 Å². The molecule has 3 aromatic rings. The van der Waals surface area contributed by atoms with Crippen LogP contribution in [0.2, 0.25) is 0 Å². The fourth-order valence-corrected chi connectivity index (χ4v) is 3.23. The number of amides is 1. The van der Waals surface area contributed by atoms with Gasteiger partial charge in [-0.25, -0.2) is 0 Å². The maximum absolute atomic E-state index is 12.5. The van der Waals surface area contributed by atoms with Crippen LogP contribution in [0, 0.1) is 11.3 Å². The number of nitrogens with zero attached hydrogens (tertiary/aromatic N) is 3. The number of fused-ring (bicyclic) bond motifs is 1. The van der Waals surface area contributed by atoms with Crippen LogP contribution in [0.3, 0.4) is 0 Å². The number of aromatic nitrogens is 1. The lowest BCUT2D eigenvalue weighted by Crippen LogP contribution is -2.34. The van der Waals surface area contributed by atoms with Gasteiger partial charge in [0, 0.05) is 36.3 Å². The van der Waals surface area contributed by atoms with Gasteiger partial charge in [-0.1, -0.05) is 24.3 Å². The maximum Gasteiger partial charge on any atom is 0.251 e. The standard InChI is InChI=1S/C21H22N4O/c1-24(2)20(18-14-25(3)19-10-5-4-9-17(18)19)13-23-21(26)16-8-6-7-15(11-16)12-22/h4-11,14,20H,13H2,1-3H3,(H,23,26). The first-order chi connectivity index (χ1) is 12.5. The fraction of sp³-hybridized carbons (Fsp3) is 0.238. The number of nitriles is 1. The van der Waals surface area contributed by atoms with Crippen LogP contribution in [-0.2, 0) is 7.05 Å². The average molecular weight is 346 g/mol. The van der Waals surface area contributed by atoms with E-state index in [4.69, 9.17) is 5.26 Å². The lowest BCUT2D eigenvalue weighted by Gasteiger charge is -2.24. The fourth-order valence-electron chi connectivity index (χ4n) is 3.23. The van der Waals surface area contributed by atoms with E-state index in [0.29, 0.717) is 17.7 Å². The molecule has 1 amide bonds. The maximum atomic E-state index is 12.5. The summed E-state index contributed by atoms with van der Waals surface area (Å²) in [4.78, 5) is 14.6. The predicted octanol–water partition coefficient (Wildman–Crippen LogP) is 3.08. The second-order valence-electron chi connectivity index (χ2n) is 6.59. The quantitative estimate of drug-likeness (QED) is 0.772. The molecular weight excluding hydrogens is 324 g/mol. The van der Waals surface area contributed by atoms with Crippen LogP contribution in [0.1, 0.15) is 27.5 Å². The van der Waals surface area contributed by atoms with E-state index in [1.54, 1.807) is 24.3 Å². The van der Waals surface area contributed by atoms with Crippen LogP contribution in [-0.4, -0.2) is 36.0 Å². The molecule has 0 aliphatic carbocycles. The van der Waals surface area contributed by atoms with Gasteiger partial charge in [0.05, 0.1) is 17.7 Å². The van der Waals surface area contributed by atoms with Crippen molar-refractivity contribution >= 4 is 16.8 Å². The summed E-state index contributed by atoms with van der Waals surface area (Å²) in [7, 11) is 6.05. The smallest absolute Gasteiger partial charge is 0.251 e. The Morgan fingerprint density at radius 1 is 1.23 bits per heavy atom. The Labute approximate surface area is 153 Å². The van der Waals surface area contributed by atoms with Crippen molar-refractivity contribution in [2.45, 2.75) is 6.04 Å². The van der Waals surface area contributed by atoms with Crippen LogP contribution in [0.25, 0.3) is 10.9 Å². The van der Waals surface area contributed by atoms with E-state index in [9.17, 15) is 4.79 Å². The van der Waals surface area contributed by atoms with Gasteiger partial charge in [-0.3, -0.25) is 4.79 Å². The molecule has 1 N–H and O–H groups in total. The molecule has 0 saturated carbocycles. The molecule has 1 atom stereocenters. The van der Waals surface area contributed by atoms with E-state index in [2.05, 4.69) is 39.2 Å². The summed E-state index contributed by atoms with van der Waals surface area (Å²) >= 11 is 0. The van der Waals surface area contributed by atoms with Crippen molar-refractivity contribution in [3.05, 3.63) is 71.4 Å². The van der Waals surface area contributed by atoms with Gasteiger partial charge in [0.2, 0.25) is 0 Å². The summed E-state index contributed by atoms with van der Waals surface area (Å²) in [6.07, 6.45) is 2.12. The van der Waals surface area contributed by atoms with Crippen molar-refractivity contribution in [3.8, 4) is 6.07 Å². The molecule has 0 bridgehead atoms. The van der Waals surface area contributed by atoms with Gasteiger partial charge in [0.1, 0.15) is 0 Å². The minimum Gasteiger partial charge on any atom is -0.350 e. The third-order valence-corrected chi connectivity index (χ3v) is 4.62. The molecule has 5 nitrogen and oxygen atoms in total. The van der Waals surface area contributed by atoms with E-state index in [1.165, 1.54) is 16.5 Å². The molecule has 3 rings (SSSR count). The topological polar surface area (TPSA) is 61.1 Å². The summed E-state index contributed by atoms with van der Waals surface area (Å²) in [5, 5.41) is 13.2. The van der Waals surface area contributed by atoms with Crippen LogP contribution in [0.4, 0.5) is 0 Å². The molecule has 0 saturated heterocycles. The highest BCUT2D eigenvalue weighted by atomic mass is 16.1. The van der Waals surface area contributed by atoms with Crippen molar-refractivity contribution in [2.24, 2.45) is 7.05 Å². The number of carbonyl (C=O) groups excluding carboxylic acids is 1. The minimum atomic E-state index is -0.172. The first kappa shape index (κ1) is 17.7. The SMILES string of the molecule is CN(C)C(CNC(=O)c1cccc(C#N)c1)c1cn(C)c2ccccc12. The highest BCUT2D eigenvalue weighted by Gasteiger charge is 2.20. The highest BCUT2D eigenvalue weighted by Crippen LogP contribution is 2.28. The summed E-state index contributed by atoms with van der Waals surface area (Å²) in [5.74, 6) is -0.172. The van der Waals surface area contributed by atoms with Gasteiger partial charge < -0.3 is 14.8 Å².